The number of halogens is 1. The minimum Gasteiger partial charge on any atom is -0.465 e. The van der Waals surface area contributed by atoms with Gasteiger partial charge in [-0.2, -0.15) is 0 Å². The highest BCUT2D eigenvalue weighted by Gasteiger charge is 2.12. The van der Waals surface area contributed by atoms with E-state index < -0.39 is 5.97 Å². The Labute approximate surface area is 146 Å². The molecule has 0 atom stereocenters. The minimum absolute atomic E-state index is 0.166. The molecule has 0 saturated carbocycles. The number of hydrogen-bond acceptors (Lipinski definition) is 4. The standard InChI is InChI=1S/C19H21FN2O3/c1-13-4-7-15(19(24)25-3)10-17(13)21-18(23)12-22(2)11-14-5-8-16(20)9-6-14/h4-10H,11-12H2,1-3H3,(H,21,23). The lowest BCUT2D eigenvalue weighted by atomic mass is 10.1. The van der Waals surface area contributed by atoms with Crippen LogP contribution < -0.4 is 5.32 Å². The van der Waals surface area contributed by atoms with Gasteiger partial charge in [0.15, 0.2) is 0 Å². The van der Waals surface area contributed by atoms with Crippen molar-refractivity contribution in [3.8, 4) is 0 Å². The number of likely N-dealkylation sites (N-methyl/N-ethyl adjacent to an activating group) is 1. The molecule has 0 aromatic heterocycles. The number of carbonyl (C=O) groups excluding carboxylic acids is 2. The molecular weight excluding hydrogens is 323 g/mol. The smallest absolute Gasteiger partial charge is 0.337 e. The molecule has 1 N–H and O–H groups in total. The van der Waals surface area contributed by atoms with Crippen molar-refractivity contribution in [3.63, 3.8) is 0 Å². The SMILES string of the molecule is COC(=O)c1ccc(C)c(NC(=O)CN(C)Cc2ccc(F)cc2)c1. The number of carbonyl (C=O) groups is 2. The van der Waals surface area contributed by atoms with E-state index in [1.165, 1.54) is 19.2 Å². The molecule has 0 bridgehead atoms. The minimum atomic E-state index is -0.455. The average molecular weight is 344 g/mol. The maximum absolute atomic E-state index is 12.9. The first-order chi connectivity index (χ1) is 11.9. The lowest BCUT2D eigenvalue weighted by Gasteiger charge is -2.17. The summed E-state index contributed by atoms with van der Waals surface area (Å²) in [6.45, 7) is 2.53. The molecule has 0 fully saturated rings. The maximum Gasteiger partial charge on any atom is 0.337 e. The zero-order chi connectivity index (χ0) is 18.4. The molecule has 0 unspecified atom stereocenters. The summed E-state index contributed by atoms with van der Waals surface area (Å²) in [6, 6.07) is 11.2. The third-order valence-electron chi connectivity index (χ3n) is 3.71. The predicted molar refractivity (Wildman–Crippen MR) is 93.9 cm³/mol. The molecule has 25 heavy (non-hydrogen) atoms. The second-order valence-electron chi connectivity index (χ2n) is 5.87. The quantitative estimate of drug-likeness (QED) is 0.819. The van der Waals surface area contributed by atoms with Crippen LogP contribution in [-0.2, 0) is 16.1 Å². The lowest BCUT2D eigenvalue weighted by molar-refractivity contribution is -0.117. The summed E-state index contributed by atoms with van der Waals surface area (Å²) >= 11 is 0. The number of aryl methyl sites for hydroxylation is 1. The zero-order valence-electron chi connectivity index (χ0n) is 14.5. The van der Waals surface area contributed by atoms with Crippen LogP contribution in [0.3, 0.4) is 0 Å². The Kier molecular flexibility index (Phi) is 6.25. The van der Waals surface area contributed by atoms with Gasteiger partial charge in [-0.05, 0) is 49.4 Å². The number of methoxy groups -OCH3 is 1. The number of ether oxygens (including phenoxy) is 1. The van der Waals surface area contributed by atoms with E-state index in [0.717, 1.165) is 11.1 Å². The van der Waals surface area contributed by atoms with Gasteiger partial charge in [0.1, 0.15) is 5.82 Å². The monoisotopic (exact) mass is 344 g/mol. The highest BCUT2D eigenvalue weighted by atomic mass is 19.1. The average Bonchev–Trinajstić information content (AvgIpc) is 2.58. The third-order valence-corrected chi connectivity index (χ3v) is 3.71. The molecule has 6 heteroatoms. The number of nitrogens with one attached hydrogen (secondary N) is 1. The van der Waals surface area contributed by atoms with Gasteiger partial charge in [-0.25, -0.2) is 9.18 Å². The first-order valence-electron chi connectivity index (χ1n) is 7.81. The van der Waals surface area contributed by atoms with Crippen molar-refractivity contribution in [1.82, 2.24) is 4.90 Å². The van der Waals surface area contributed by atoms with E-state index in [1.54, 1.807) is 37.4 Å². The fraction of sp³-hybridized carbons (Fsp3) is 0.263. The summed E-state index contributed by atoms with van der Waals surface area (Å²) in [7, 11) is 3.12. The van der Waals surface area contributed by atoms with Crippen LogP contribution in [0.5, 0.6) is 0 Å². The summed E-state index contributed by atoms with van der Waals surface area (Å²) < 4.78 is 17.6. The van der Waals surface area contributed by atoms with E-state index in [0.29, 0.717) is 17.8 Å². The second kappa shape index (κ2) is 8.39. The van der Waals surface area contributed by atoms with Gasteiger partial charge in [-0.1, -0.05) is 18.2 Å². The van der Waals surface area contributed by atoms with Crippen LogP contribution >= 0.6 is 0 Å². The fourth-order valence-corrected chi connectivity index (χ4v) is 2.39. The highest BCUT2D eigenvalue weighted by Crippen LogP contribution is 2.17. The molecule has 0 saturated heterocycles. The Balaban J connectivity index is 1.97. The van der Waals surface area contributed by atoms with Gasteiger partial charge >= 0.3 is 5.97 Å². The van der Waals surface area contributed by atoms with Gasteiger partial charge in [0, 0.05) is 12.2 Å². The predicted octanol–water partition coefficient (Wildman–Crippen LogP) is 2.99. The van der Waals surface area contributed by atoms with Crippen molar-refractivity contribution < 1.29 is 18.7 Å². The van der Waals surface area contributed by atoms with Crippen LogP contribution in [0.25, 0.3) is 0 Å². The number of anilines is 1. The van der Waals surface area contributed by atoms with E-state index in [9.17, 15) is 14.0 Å². The van der Waals surface area contributed by atoms with E-state index >= 15 is 0 Å². The van der Waals surface area contributed by atoms with Crippen molar-refractivity contribution in [3.05, 3.63) is 65.0 Å². The lowest BCUT2D eigenvalue weighted by Crippen LogP contribution is -2.30. The summed E-state index contributed by atoms with van der Waals surface area (Å²) in [5, 5.41) is 2.81. The van der Waals surface area contributed by atoms with Crippen LogP contribution in [0.4, 0.5) is 10.1 Å². The first kappa shape index (κ1) is 18.6. The number of esters is 1. The van der Waals surface area contributed by atoms with E-state index in [2.05, 4.69) is 10.1 Å². The van der Waals surface area contributed by atoms with E-state index in [4.69, 9.17) is 0 Å². The van der Waals surface area contributed by atoms with Crippen LogP contribution in [-0.4, -0.2) is 37.5 Å². The number of rotatable bonds is 6. The molecule has 2 aromatic rings. The van der Waals surface area contributed by atoms with Crippen LogP contribution in [0.1, 0.15) is 21.5 Å². The fourth-order valence-electron chi connectivity index (χ4n) is 2.39. The van der Waals surface area contributed by atoms with Gasteiger partial charge < -0.3 is 10.1 Å². The number of benzene rings is 2. The summed E-state index contributed by atoms with van der Waals surface area (Å²) in [5.41, 5.74) is 2.72. The van der Waals surface area contributed by atoms with Crippen molar-refractivity contribution in [2.45, 2.75) is 13.5 Å². The summed E-state index contributed by atoms with van der Waals surface area (Å²) in [5.74, 6) is -0.941. The summed E-state index contributed by atoms with van der Waals surface area (Å²) in [6.07, 6.45) is 0. The largest absolute Gasteiger partial charge is 0.465 e. The number of hydrogen-bond donors (Lipinski definition) is 1. The van der Waals surface area contributed by atoms with Gasteiger partial charge in [-0.3, -0.25) is 9.69 Å². The van der Waals surface area contributed by atoms with Crippen molar-refractivity contribution in [2.75, 3.05) is 26.0 Å². The number of nitrogens with zero attached hydrogens (tertiary/aromatic N) is 1. The van der Waals surface area contributed by atoms with Gasteiger partial charge in [0.05, 0.1) is 19.2 Å². The Morgan fingerprint density at radius 3 is 2.48 bits per heavy atom. The Hall–Kier alpha value is -2.73. The molecule has 132 valence electrons. The normalized spacial score (nSPS) is 10.6. The van der Waals surface area contributed by atoms with Crippen molar-refractivity contribution in [2.24, 2.45) is 0 Å². The molecule has 0 aliphatic heterocycles. The van der Waals surface area contributed by atoms with Gasteiger partial charge in [0.25, 0.3) is 0 Å². The second-order valence-corrected chi connectivity index (χ2v) is 5.87. The van der Waals surface area contributed by atoms with Crippen LogP contribution in [0.15, 0.2) is 42.5 Å². The molecule has 2 aromatic carbocycles. The van der Waals surface area contributed by atoms with Crippen LogP contribution in [0.2, 0.25) is 0 Å². The Morgan fingerprint density at radius 2 is 1.84 bits per heavy atom. The maximum atomic E-state index is 12.9. The van der Waals surface area contributed by atoms with Gasteiger partial charge in [-0.15, -0.1) is 0 Å². The van der Waals surface area contributed by atoms with E-state index in [-0.39, 0.29) is 18.3 Å². The number of amides is 1. The Bertz CT molecular complexity index is 760. The van der Waals surface area contributed by atoms with E-state index in [1.807, 2.05) is 11.8 Å². The molecular formula is C19H21FN2O3. The highest BCUT2D eigenvalue weighted by molar-refractivity contribution is 5.96. The molecule has 2 rings (SSSR count). The Morgan fingerprint density at radius 1 is 1.16 bits per heavy atom. The van der Waals surface area contributed by atoms with Crippen molar-refractivity contribution in [1.29, 1.82) is 0 Å². The topological polar surface area (TPSA) is 58.6 Å². The molecule has 1 amide bonds. The molecule has 0 radical (unpaired) electrons. The first-order valence-corrected chi connectivity index (χ1v) is 7.81. The van der Waals surface area contributed by atoms with Crippen LogP contribution in [0, 0.1) is 12.7 Å². The summed E-state index contributed by atoms with van der Waals surface area (Å²) in [4.78, 5) is 25.7. The third kappa shape index (κ3) is 5.39. The van der Waals surface area contributed by atoms with Crippen molar-refractivity contribution >= 4 is 17.6 Å². The molecule has 0 aliphatic rings. The molecule has 5 nitrogen and oxygen atoms in total. The van der Waals surface area contributed by atoms with Gasteiger partial charge in [0.2, 0.25) is 5.91 Å². The molecule has 0 aliphatic carbocycles. The molecule has 0 spiro atoms. The molecule has 0 heterocycles. The zero-order valence-corrected chi connectivity index (χ0v) is 14.5.